The molecule has 0 aliphatic carbocycles. The van der Waals surface area contributed by atoms with Crippen LogP contribution in [0.3, 0.4) is 0 Å². The van der Waals surface area contributed by atoms with Crippen molar-refractivity contribution in [3.63, 3.8) is 0 Å². The number of carbonyl (C=O) groups is 1. The molecule has 0 fully saturated rings. The number of aromatic nitrogens is 1. The number of nitrogens with zero attached hydrogens (tertiary/aromatic N) is 1. The number of benzene rings is 1. The van der Waals surface area contributed by atoms with Crippen molar-refractivity contribution < 1.29 is 19.0 Å². The maximum atomic E-state index is 11.9. The summed E-state index contributed by atoms with van der Waals surface area (Å²) in [6.45, 7) is 3.31. The topological polar surface area (TPSA) is 62.5 Å². The molecule has 2 aromatic rings. The van der Waals surface area contributed by atoms with E-state index in [9.17, 15) is 10.0 Å². The average molecular weight is 261 g/mol. The molecule has 0 radical (unpaired) electrons. The maximum Gasteiger partial charge on any atom is 0.302 e. The predicted octanol–water partition coefficient (Wildman–Crippen LogP) is 1.85. The molecule has 0 spiro atoms. The number of methoxy groups -OCH3 is 1. The lowest BCUT2D eigenvalue weighted by Gasteiger charge is -2.11. The molecule has 0 saturated heterocycles. The molecule has 5 heteroatoms. The summed E-state index contributed by atoms with van der Waals surface area (Å²) in [5, 5.41) is 12.6. The molecule has 1 aromatic heterocycles. The Balaban J connectivity index is 2.61. The highest BCUT2D eigenvalue weighted by atomic mass is 16.5. The molecular weight excluding hydrogens is 246 g/mol. The van der Waals surface area contributed by atoms with Crippen LogP contribution in [0.2, 0.25) is 0 Å². The van der Waals surface area contributed by atoms with E-state index in [4.69, 9.17) is 9.47 Å². The molecule has 1 aromatic carbocycles. The number of carbonyl (C=O) groups excluding carboxylic acids is 1. The van der Waals surface area contributed by atoms with Gasteiger partial charge in [0, 0.05) is 24.1 Å². The summed E-state index contributed by atoms with van der Waals surface area (Å²) in [5.74, 6) is 0.302. The predicted molar refractivity (Wildman–Crippen MR) is 69.7 cm³/mol. The van der Waals surface area contributed by atoms with Gasteiger partial charge in [0.05, 0.1) is 12.5 Å². The van der Waals surface area contributed by atoms with Crippen LogP contribution in [0.5, 0.6) is 5.75 Å². The quantitative estimate of drug-likeness (QED) is 0.480. The van der Waals surface area contributed by atoms with Crippen LogP contribution in [0.4, 0.5) is 0 Å². The molecular formula is C14H15NO4. The minimum atomic E-state index is -0.353. The van der Waals surface area contributed by atoms with Crippen molar-refractivity contribution in [2.45, 2.75) is 20.5 Å². The van der Waals surface area contributed by atoms with Gasteiger partial charge >= 0.3 is 5.97 Å². The second-order valence-electron chi connectivity index (χ2n) is 4.28. The molecule has 0 unspecified atom stereocenters. The van der Waals surface area contributed by atoms with Crippen molar-refractivity contribution in [3.8, 4) is 5.75 Å². The lowest BCUT2D eigenvalue weighted by molar-refractivity contribution is -0.577. The Bertz CT molecular complexity index is 637. The summed E-state index contributed by atoms with van der Waals surface area (Å²) >= 11 is 0. The minimum absolute atomic E-state index is 0.145. The normalized spacial score (nSPS) is 10.5. The van der Waals surface area contributed by atoms with Crippen molar-refractivity contribution >= 4 is 16.9 Å². The molecule has 1 heterocycles. The van der Waals surface area contributed by atoms with E-state index in [-0.39, 0.29) is 12.6 Å². The Labute approximate surface area is 111 Å². The zero-order chi connectivity index (χ0) is 14.0. The Morgan fingerprint density at radius 2 is 2.16 bits per heavy atom. The maximum absolute atomic E-state index is 11.9. The molecule has 0 N–H and O–H groups in total. The number of rotatable bonds is 3. The summed E-state index contributed by atoms with van der Waals surface area (Å²) in [7, 11) is 1.56. The Kier molecular flexibility index (Phi) is 3.55. The lowest BCUT2D eigenvalue weighted by Crippen LogP contribution is -2.28. The van der Waals surface area contributed by atoms with Crippen LogP contribution in [0.25, 0.3) is 10.9 Å². The monoisotopic (exact) mass is 261 g/mol. The first kappa shape index (κ1) is 13.1. The number of fused-ring (bicyclic) bond motifs is 1. The lowest BCUT2D eigenvalue weighted by atomic mass is 10.0. The summed E-state index contributed by atoms with van der Waals surface area (Å²) < 4.78 is 11.0. The van der Waals surface area contributed by atoms with E-state index >= 15 is 0 Å². The SMILES string of the molecule is COc1ccc2c(c1)c(COC(C)=O)c(C)c[n+]2[O-]. The number of ether oxygens (including phenoxy) is 2. The average Bonchev–Trinajstić information content (AvgIpc) is 2.37. The number of pyridine rings is 1. The van der Waals surface area contributed by atoms with E-state index in [1.54, 1.807) is 25.3 Å². The van der Waals surface area contributed by atoms with E-state index in [0.29, 0.717) is 11.3 Å². The van der Waals surface area contributed by atoms with Crippen molar-refractivity contribution in [3.05, 3.63) is 40.7 Å². The van der Waals surface area contributed by atoms with Gasteiger partial charge in [0.2, 0.25) is 5.52 Å². The van der Waals surface area contributed by atoms with Gasteiger partial charge in [-0.1, -0.05) is 0 Å². The zero-order valence-corrected chi connectivity index (χ0v) is 11.1. The van der Waals surface area contributed by atoms with E-state index in [0.717, 1.165) is 21.2 Å². The third-order valence-corrected chi connectivity index (χ3v) is 2.97. The van der Waals surface area contributed by atoms with Crippen LogP contribution in [-0.4, -0.2) is 13.1 Å². The molecule has 5 nitrogen and oxygen atoms in total. The standard InChI is InChI=1S/C14H15NO4/c1-9-7-15(17)14-5-4-11(18-3)6-12(14)13(9)8-19-10(2)16/h4-7H,8H2,1-3H3. The molecule has 0 aliphatic heterocycles. The third kappa shape index (κ3) is 2.59. The van der Waals surface area contributed by atoms with Crippen molar-refractivity contribution in [2.75, 3.05) is 7.11 Å². The number of aryl methyl sites for hydroxylation is 1. The van der Waals surface area contributed by atoms with E-state index < -0.39 is 0 Å². The van der Waals surface area contributed by atoms with E-state index in [1.807, 2.05) is 6.92 Å². The molecule has 0 aliphatic rings. The van der Waals surface area contributed by atoms with Crippen LogP contribution in [-0.2, 0) is 16.1 Å². The summed E-state index contributed by atoms with van der Waals surface area (Å²) in [4.78, 5) is 10.9. The highest BCUT2D eigenvalue weighted by Crippen LogP contribution is 2.24. The largest absolute Gasteiger partial charge is 0.618 e. The van der Waals surface area contributed by atoms with Crippen LogP contribution < -0.4 is 9.47 Å². The fraction of sp³-hybridized carbons (Fsp3) is 0.286. The summed E-state index contributed by atoms with van der Waals surface area (Å²) in [6.07, 6.45) is 1.48. The molecule has 0 atom stereocenters. The Hall–Kier alpha value is -2.30. The van der Waals surface area contributed by atoms with Gasteiger partial charge in [0.15, 0.2) is 6.20 Å². The fourth-order valence-electron chi connectivity index (χ4n) is 1.98. The molecule has 19 heavy (non-hydrogen) atoms. The van der Waals surface area contributed by atoms with Crippen LogP contribution >= 0.6 is 0 Å². The van der Waals surface area contributed by atoms with Gasteiger partial charge in [0.25, 0.3) is 0 Å². The Morgan fingerprint density at radius 1 is 1.42 bits per heavy atom. The van der Waals surface area contributed by atoms with Crippen molar-refractivity contribution in [1.29, 1.82) is 0 Å². The molecule has 0 saturated carbocycles. The van der Waals surface area contributed by atoms with Gasteiger partial charge in [-0.3, -0.25) is 4.79 Å². The minimum Gasteiger partial charge on any atom is -0.618 e. The highest BCUT2D eigenvalue weighted by Gasteiger charge is 2.14. The van der Waals surface area contributed by atoms with Crippen LogP contribution in [0.15, 0.2) is 24.4 Å². The van der Waals surface area contributed by atoms with Gasteiger partial charge in [-0.2, -0.15) is 4.73 Å². The van der Waals surface area contributed by atoms with Gasteiger partial charge in [-0.25, -0.2) is 0 Å². The van der Waals surface area contributed by atoms with Crippen LogP contribution in [0, 0.1) is 12.1 Å². The second kappa shape index (κ2) is 5.14. The molecule has 100 valence electrons. The third-order valence-electron chi connectivity index (χ3n) is 2.97. The molecule has 0 bridgehead atoms. The van der Waals surface area contributed by atoms with E-state index in [2.05, 4.69) is 0 Å². The Morgan fingerprint density at radius 3 is 2.79 bits per heavy atom. The number of hydrogen-bond acceptors (Lipinski definition) is 4. The fourth-order valence-corrected chi connectivity index (χ4v) is 1.98. The summed E-state index contributed by atoms with van der Waals surface area (Å²) in [5.41, 5.74) is 2.11. The first-order chi connectivity index (χ1) is 9.02. The first-order valence-corrected chi connectivity index (χ1v) is 5.85. The second-order valence-corrected chi connectivity index (χ2v) is 4.28. The van der Waals surface area contributed by atoms with Crippen molar-refractivity contribution in [2.24, 2.45) is 0 Å². The van der Waals surface area contributed by atoms with Gasteiger partial charge in [-0.15, -0.1) is 0 Å². The van der Waals surface area contributed by atoms with Gasteiger partial charge < -0.3 is 14.7 Å². The first-order valence-electron chi connectivity index (χ1n) is 5.85. The van der Waals surface area contributed by atoms with E-state index in [1.165, 1.54) is 13.1 Å². The van der Waals surface area contributed by atoms with Crippen LogP contribution in [0.1, 0.15) is 18.1 Å². The van der Waals surface area contributed by atoms with Gasteiger partial charge in [-0.05, 0) is 19.1 Å². The zero-order valence-electron chi connectivity index (χ0n) is 11.1. The number of esters is 1. The van der Waals surface area contributed by atoms with Crippen molar-refractivity contribution in [1.82, 2.24) is 0 Å². The smallest absolute Gasteiger partial charge is 0.302 e. The van der Waals surface area contributed by atoms with Gasteiger partial charge in [0.1, 0.15) is 12.4 Å². The highest BCUT2D eigenvalue weighted by molar-refractivity contribution is 5.82. The number of hydrogen-bond donors (Lipinski definition) is 0. The molecule has 0 amide bonds. The molecule has 2 rings (SSSR count). The summed E-state index contributed by atoms with van der Waals surface area (Å²) in [6, 6.07) is 5.19.